The highest BCUT2D eigenvalue weighted by atomic mass is 16.2. The molecule has 94 valence electrons. The monoisotopic (exact) mass is 238 g/mol. The number of nitrogens with zero attached hydrogens (tertiary/aromatic N) is 2. The van der Waals surface area contributed by atoms with E-state index in [9.17, 15) is 9.59 Å². The number of hydrogen-bond donors (Lipinski definition) is 2. The molecule has 0 spiro atoms. The summed E-state index contributed by atoms with van der Waals surface area (Å²) in [5, 5.41) is 9.43. The smallest absolute Gasteiger partial charge is 0.269 e. The van der Waals surface area contributed by atoms with Gasteiger partial charge >= 0.3 is 0 Å². The minimum Gasteiger partial charge on any atom is -0.349 e. The van der Waals surface area contributed by atoms with Gasteiger partial charge in [-0.15, -0.1) is 0 Å². The molecule has 0 saturated heterocycles. The van der Waals surface area contributed by atoms with Gasteiger partial charge in [0.05, 0.1) is 0 Å². The van der Waals surface area contributed by atoms with Gasteiger partial charge < -0.3 is 10.6 Å². The van der Waals surface area contributed by atoms with Crippen LogP contribution in [0.3, 0.4) is 0 Å². The highest BCUT2D eigenvalue weighted by Crippen LogP contribution is 2.08. The summed E-state index contributed by atoms with van der Waals surface area (Å²) in [6.45, 7) is 5.52. The molecule has 1 heterocycles. The third-order valence-corrected chi connectivity index (χ3v) is 2.12. The number of rotatable bonds is 4. The Kier molecular flexibility index (Phi) is 4.25. The first kappa shape index (κ1) is 13.2. The molecule has 0 radical (unpaired) electrons. The first-order chi connectivity index (χ1) is 7.93. The predicted molar refractivity (Wildman–Crippen MR) is 64.7 cm³/mol. The average molecular weight is 238 g/mol. The van der Waals surface area contributed by atoms with Crippen molar-refractivity contribution in [1.82, 2.24) is 15.1 Å². The van der Waals surface area contributed by atoms with Crippen LogP contribution in [-0.4, -0.2) is 27.6 Å². The summed E-state index contributed by atoms with van der Waals surface area (Å²) in [5.74, 6) is 0.0687. The lowest BCUT2D eigenvalue weighted by molar-refractivity contribution is -0.115. The van der Waals surface area contributed by atoms with Crippen LogP contribution in [0.5, 0.6) is 0 Å². The lowest BCUT2D eigenvalue weighted by atomic mass is 10.3. The molecule has 0 fully saturated rings. The molecule has 2 amide bonds. The molecule has 1 rings (SSSR count). The van der Waals surface area contributed by atoms with Gasteiger partial charge in [0.2, 0.25) is 5.91 Å². The van der Waals surface area contributed by atoms with Gasteiger partial charge in [0.15, 0.2) is 5.82 Å². The van der Waals surface area contributed by atoms with Crippen LogP contribution in [0.1, 0.15) is 37.7 Å². The number of carbonyl (C=O) groups is 2. The lowest BCUT2D eigenvalue weighted by Gasteiger charge is -2.07. The third-order valence-electron chi connectivity index (χ3n) is 2.12. The zero-order valence-electron chi connectivity index (χ0n) is 10.6. The van der Waals surface area contributed by atoms with Crippen molar-refractivity contribution in [2.75, 3.05) is 5.32 Å². The van der Waals surface area contributed by atoms with E-state index in [1.54, 1.807) is 20.0 Å². The fourth-order valence-electron chi connectivity index (χ4n) is 1.31. The molecule has 17 heavy (non-hydrogen) atoms. The van der Waals surface area contributed by atoms with Crippen LogP contribution in [0, 0.1) is 0 Å². The van der Waals surface area contributed by atoms with E-state index in [1.165, 1.54) is 4.68 Å². The molecule has 0 aliphatic heterocycles. The SMILES string of the molecule is CCC(=O)Nc1cc(C(=O)NC(C)C)n(C)n1. The Morgan fingerprint density at radius 1 is 1.47 bits per heavy atom. The maximum absolute atomic E-state index is 11.8. The Bertz CT molecular complexity index is 423. The number of aromatic nitrogens is 2. The third kappa shape index (κ3) is 3.58. The Morgan fingerprint density at radius 2 is 2.12 bits per heavy atom. The maximum atomic E-state index is 11.8. The summed E-state index contributed by atoms with van der Waals surface area (Å²) in [7, 11) is 1.66. The summed E-state index contributed by atoms with van der Waals surface area (Å²) in [5.41, 5.74) is 0.421. The normalized spacial score (nSPS) is 10.4. The van der Waals surface area contributed by atoms with E-state index in [1.807, 2.05) is 13.8 Å². The second-order valence-corrected chi connectivity index (χ2v) is 4.07. The number of carbonyl (C=O) groups excluding carboxylic acids is 2. The molecule has 1 aromatic heterocycles. The van der Waals surface area contributed by atoms with Crippen LogP contribution < -0.4 is 10.6 Å². The summed E-state index contributed by atoms with van der Waals surface area (Å²) in [6, 6.07) is 1.62. The number of amides is 2. The maximum Gasteiger partial charge on any atom is 0.269 e. The minimum absolute atomic E-state index is 0.0612. The van der Waals surface area contributed by atoms with Crippen molar-refractivity contribution in [1.29, 1.82) is 0 Å². The van der Waals surface area contributed by atoms with Gasteiger partial charge in [-0.05, 0) is 13.8 Å². The van der Waals surface area contributed by atoms with Gasteiger partial charge in [-0.1, -0.05) is 6.92 Å². The number of hydrogen-bond acceptors (Lipinski definition) is 3. The second kappa shape index (κ2) is 5.47. The number of anilines is 1. The van der Waals surface area contributed by atoms with E-state index < -0.39 is 0 Å². The average Bonchev–Trinajstić information content (AvgIpc) is 2.58. The van der Waals surface area contributed by atoms with Crippen LogP contribution in [0.25, 0.3) is 0 Å². The standard InChI is InChI=1S/C11H18N4O2/c1-5-10(16)13-9-6-8(15(4)14-9)11(17)12-7(2)3/h6-7H,5H2,1-4H3,(H,12,17)(H,13,14,16). The number of aryl methyl sites for hydroxylation is 1. The van der Waals surface area contributed by atoms with Crippen molar-refractivity contribution < 1.29 is 9.59 Å². The van der Waals surface area contributed by atoms with Gasteiger partial charge in [-0.3, -0.25) is 14.3 Å². The van der Waals surface area contributed by atoms with Crippen LogP contribution in [-0.2, 0) is 11.8 Å². The highest BCUT2D eigenvalue weighted by Gasteiger charge is 2.14. The molecule has 0 aromatic carbocycles. The Labute approximate surface area is 100 Å². The van der Waals surface area contributed by atoms with E-state index in [-0.39, 0.29) is 17.9 Å². The molecule has 0 saturated carbocycles. The Balaban J connectivity index is 2.81. The Hall–Kier alpha value is -1.85. The summed E-state index contributed by atoms with van der Waals surface area (Å²) >= 11 is 0. The van der Waals surface area contributed by atoms with Gasteiger partial charge in [-0.25, -0.2) is 0 Å². The first-order valence-corrected chi connectivity index (χ1v) is 5.58. The van der Waals surface area contributed by atoms with E-state index >= 15 is 0 Å². The quantitative estimate of drug-likeness (QED) is 0.818. The van der Waals surface area contributed by atoms with Crippen molar-refractivity contribution in [3.05, 3.63) is 11.8 Å². The minimum atomic E-state index is -0.202. The molecule has 0 bridgehead atoms. The van der Waals surface area contributed by atoms with E-state index in [0.717, 1.165) is 0 Å². The molecular weight excluding hydrogens is 220 g/mol. The zero-order valence-corrected chi connectivity index (χ0v) is 10.6. The molecule has 0 atom stereocenters. The summed E-state index contributed by atoms with van der Waals surface area (Å²) < 4.78 is 1.45. The van der Waals surface area contributed by atoms with Crippen LogP contribution in [0.15, 0.2) is 6.07 Å². The van der Waals surface area contributed by atoms with Crippen molar-refractivity contribution >= 4 is 17.6 Å². The fourth-order valence-corrected chi connectivity index (χ4v) is 1.31. The molecule has 1 aromatic rings. The van der Waals surface area contributed by atoms with Gasteiger partial charge in [-0.2, -0.15) is 5.10 Å². The Morgan fingerprint density at radius 3 is 2.65 bits per heavy atom. The molecular formula is C11H18N4O2. The largest absolute Gasteiger partial charge is 0.349 e. The lowest BCUT2D eigenvalue weighted by Crippen LogP contribution is -2.31. The topological polar surface area (TPSA) is 76.0 Å². The molecule has 2 N–H and O–H groups in total. The molecule has 6 nitrogen and oxygen atoms in total. The molecule has 0 aliphatic carbocycles. The molecule has 6 heteroatoms. The van der Waals surface area contributed by atoms with Gasteiger partial charge in [0.1, 0.15) is 5.69 Å². The van der Waals surface area contributed by atoms with E-state index in [2.05, 4.69) is 15.7 Å². The van der Waals surface area contributed by atoms with Crippen molar-refractivity contribution in [3.8, 4) is 0 Å². The van der Waals surface area contributed by atoms with Crippen molar-refractivity contribution in [2.45, 2.75) is 33.2 Å². The summed E-state index contributed by atoms with van der Waals surface area (Å²) in [4.78, 5) is 22.9. The van der Waals surface area contributed by atoms with Crippen LogP contribution >= 0.6 is 0 Å². The molecule has 0 aliphatic rings. The van der Waals surface area contributed by atoms with Gasteiger partial charge in [0, 0.05) is 25.6 Å². The predicted octanol–water partition coefficient (Wildman–Crippen LogP) is 0.907. The van der Waals surface area contributed by atoms with Crippen molar-refractivity contribution in [2.24, 2.45) is 7.05 Å². The number of nitrogens with one attached hydrogen (secondary N) is 2. The highest BCUT2D eigenvalue weighted by molar-refractivity contribution is 5.95. The second-order valence-electron chi connectivity index (χ2n) is 4.07. The fraction of sp³-hybridized carbons (Fsp3) is 0.545. The zero-order chi connectivity index (χ0) is 13.0. The molecule has 0 unspecified atom stereocenters. The van der Waals surface area contributed by atoms with Crippen molar-refractivity contribution in [3.63, 3.8) is 0 Å². The van der Waals surface area contributed by atoms with Crippen LogP contribution in [0.2, 0.25) is 0 Å². The van der Waals surface area contributed by atoms with E-state index in [4.69, 9.17) is 0 Å². The van der Waals surface area contributed by atoms with Crippen LogP contribution in [0.4, 0.5) is 5.82 Å². The summed E-state index contributed by atoms with van der Waals surface area (Å²) in [6.07, 6.45) is 0.379. The van der Waals surface area contributed by atoms with Gasteiger partial charge in [0.25, 0.3) is 5.91 Å². The van der Waals surface area contributed by atoms with E-state index in [0.29, 0.717) is 17.9 Å². The first-order valence-electron chi connectivity index (χ1n) is 5.58.